The molecule has 1 aromatic carbocycles. The summed E-state index contributed by atoms with van der Waals surface area (Å²) in [6, 6.07) is 6.34. The summed E-state index contributed by atoms with van der Waals surface area (Å²) in [4.78, 5) is 2.63. The minimum Gasteiger partial charge on any atom is -0.493 e. The van der Waals surface area contributed by atoms with Gasteiger partial charge in [0.1, 0.15) is 5.75 Å². The predicted molar refractivity (Wildman–Crippen MR) is 85.6 cm³/mol. The molecule has 0 aromatic heterocycles. The molecule has 2 heteroatoms. The van der Waals surface area contributed by atoms with Crippen LogP contribution in [0, 0.1) is 13.8 Å². The summed E-state index contributed by atoms with van der Waals surface area (Å²) < 4.78 is 5.96. The zero-order valence-electron chi connectivity index (χ0n) is 13.2. The number of ether oxygens (including phenoxy) is 1. The molecule has 2 rings (SSSR count). The fourth-order valence-corrected chi connectivity index (χ4v) is 3.00. The second-order valence-corrected chi connectivity index (χ2v) is 6.03. The Morgan fingerprint density at radius 3 is 2.25 bits per heavy atom. The molecule has 20 heavy (non-hydrogen) atoms. The van der Waals surface area contributed by atoms with Crippen LogP contribution in [0.2, 0.25) is 0 Å². The van der Waals surface area contributed by atoms with Gasteiger partial charge < -0.3 is 9.64 Å². The zero-order chi connectivity index (χ0) is 14.2. The van der Waals surface area contributed by atoms with Crippen LogP contribution in [-0.2, 0) is 0 Å². The maximum Gasteiger partial charge on any atom is 0.125 e. The first-order valence-corrected chi connectivity index (χ1v) is 8.19. The third-order valence-electron chi connectivity index (χ3n) is 4.22. The van der Waals surface area contributed by atoms with E-state index < -0.39 is 0 Å². The molecule has 0 unspecified atom stereocenters. The van der Waals surface area contributed by atoms with Gasteiger partial charge in [-0.1, -0.05) is 31.0 Å². The smallest absolute Gasteiger partial charge is 0.125 e. The van der Waals surface area contributed by atoms with E-state index in [-0.39, 0.29) is 0 Å². The molecule has 0 aliphatic carbocycles. The van der Waals surface area contributed by atoms with Crippen LogP contribution < -0.4 is 4.74 Å². The van der Waals surface area contributed by atoms with Gasteiger partial charge in [-0.15, -0.1) is 0 Å². The van der Waals surface area contributed by atoms with E-state index in [2.05, 4.69) is 36.9 Å². The topological polar surface area (TPSA) is 12.5 Å². The molecule has 0 N–H and O–H groups in total. The number of hydrogen-bond donors (Lipinski definition) is 0. The monoisotopic (exact) mass is 275 g/mol. The van der Waals surface area contributed by atoms with E-state index in [0.717, 1.165) is 18.8 Å². The van der Waals surface area contributed by atoms with Crippen molar-refractivity contribution >= 4 is 0 Å². The summed E-state index contributed by atoms with van der Waals surface area (Å²) in [5.41, 5.74) is 2.50. The van der Waals surface area contributed by atoms with E-state index in [9.17, 15) is 0 Å². The zero-order valence-corrected chi connectivity index (χ0v) is 13.2. The molecule has 1 aromatic rings. The average molecular weight is 275 g/mol. The van der Waals surface area contributed by atoms with Crippen LogP contribution in [-0.4, -0.2) is 31.1 Å². The van der Waals surface area contributed by atoms with Crippen molar-refractivity contribution in [3.63, 3.8) is 0 Å². The summed E-state index contributed by atoms with van der Waals surface area (Å²) >= 11 is 0. The molecule has 112 valence electrons. The van der Waals surface area contributed by atoms with Gasteiger partial charge in [-0.25, -0.2) is 0 Å². The first-order valence-electron chi connectivity index (χ1n) is 8.19. The Labute approximate surface area is 124 Å². The molecule has 1 heterocycles. The molecule has 0 bridgehead atoms. The number of nitrogens with zero attached hydrogens (tertiary/aromatic N) is 1. The lowest BCUT2D eigenvalue weighted by molar-refractivity contribution is 0.255. The number of aryl methyl sites for hydroxylation is 2. The van der Waals surface area contributed by atoms with Crippen molar-refractivity contribution in [1.82, 2.24) is 4.90 Å². The Morgan fingerprint density at radius 1 is 0.950 bits per heavy atom. The Balaban J connectivity index is 1.64. The minimum atomic E-state index is 0.847. The second kappa shape index (κ2) is 8.31. The van der Waals surface area contributed by atoms with Crippen molar-refractivity contribution in [3.05, 3.63) is 29.3 Å². The normalized spacial score (nSPS) is 16.9. The summed E-state index contributed by atoms with van der Waals surface area (Å²) in [5, 5.41) is 0. The summed E-state index contributed by atoms with van der Waals surface area (Å²) in [6.45, 7) is 8.95. The number of likely N-dealkylation sites (tertiary alicyclic amines) is 1. The molecule has 0 amide bonds. The second-order valence-electron chi connectivity index (χ2n) is 6.03. The van der Waals surface area contributed by atoms with Crippen LogP contribution in [0.5, 0.6) is 5.75 Å². The van der Waals surface area contributed by atoms with Gasteiger partial charge in [-0.3, -0.25) is 0 Å². The number of benzene rings is 1. The van der Waals surface area contributed by atoms with Gasteiger partial charge in [0.15, 0.2) is 0 Å². The highest BCUT2D eigenvalue weighted by Gasteiger charge is 2.08. The molecule has 0 spiro atoms. The summed E-state index contributed by atoms with van der Waals surface area (Å²) in [5.74, 6) is 1.09. The molecular weight excluding hydrogens is 246 g/mol. The minimum absolute atomic E-state index is 0.847. The lowest BCUT2D eigenvalue weighted by atomic mass is 10.1. The quantitative estimate of drug-likeness (QED) is 0.716. The molecule has 1 aliphatic heterocycles. The third kappa shape index (κ3) is 4.82. The van der Waals surface area contributed by atoms with Gasteiger partial charge in [0.25, 0.3) is 0 Å². The van der Waals surface area contributed by atoms with E-state index >= 15 is 0 Å². The number of hydrogen-bond acceptors (Lipinski definition) is 2. The number of unbranched alkanes of at least 4 members (excludes halogenated alkanes) is 1. The standard InChI is InChI=1S/C18H29NO/c1-16-10-9-11-17(2)18(16)20-15-8-7-14-19-12-5-3-4-6-13-19/h9-11H,3-8,12-15H2,1-2H3. The SMILES string of the molecule is Cc1cccc(C)c1OCCCCN1CCCCCC1. The van der Waals surface area contributed by atoms with Crippen molar-refractivity contribution in [2.45, 2.75) is 52.4 Å². The van der Waals surface area contributed by atoms with E-state index in [1.54, 1.807) is 0 Å². The fourth-order valence-electron chi connectivity index (χ4n) is 3.00. The van der Waals surface area contributed by atoms with Crippen molar-refractivity contribution in [2.24, 2.45) is 0 Å². The third-order valence-corrected chi connectivity index (χ3v) is 4.22. The Morgan fingerprint density at radius 2 is 1.60 bits per heavy atom. The first-order chi connectivity index (χ1) is 9.77. The van der Waals surface area contributed by atoms with Crippen molar-refractivity contribution < 1.29 is 4.74 Å². The lowest BCUT2D eigenvalue weighted by Crippen LogP contribution is -2.26. The molecule has 1 saturated heterocycles. The molecule has 0 radical (unpaired) electrons. The van der Waals surface area contributed by atoms with Gasteiger partial charge in [-0.2, -0.15) is 0 Å². The van der Waals surface area contributed by atoms with Gasteiger partial charge in [0, 0.05) is 0 Å². The number of para-hydroxylation sites is 1. The van der Waals surface area contributed by atoms with Crippen molar-refractivity contribution in [3.8, 4) is 5.75 Å². The highest BCUT2D eigenvalue weighted by Crippen LogP contribution is 2.22. The molecule has 1 fully saturated rings. The van der Waals surface area contributed by atoms with Gasteiger partial charge in [-0.05, 0) is 70.3 Å². The van der Waals surface area contributed by atoms with Crippen molar-refractivity contribution in [1.29, 1.82) is 0 Å². The van der Waals surface area contributed by atoms with Gasteiger partial charge in [0.05, 0.1) is 6.61 Å². The van der Waals surface area contributed by atoms with E-state index in [4.69, 9.17) is 4.74 Å². The number of rotatable bonds is 6. The van der Waals surface area contributed by atoms with Gasteiger partial charge >= 0.3 is 0 Å². The van der Waals surface area contributed by atoms with Crippen molar-refractivity contribution in [2.75, 3.05) is 26.2 Å². The van der Waals surface area contributed by atoms with Crippen LogP contribution in [0.25, 0.3) is 0 Å². The molecule has 0 saturated carbocycles. The molecule has 1 aliphatic rings. The van der Waals surface area contributed by atoms with Crippen LogP contribution in [0.1, 0.15) is 49.7 Å². The predicted octanol–water partition coefficient (Wildman–Crippen LogP) is 4.34. The van der Waals surface area contributed by atoms with Crippen LogP contribution >= 0.6 is 0 Å². The Bertz CT molecular complexity index is 374. The Hall–Kier alpha value is -1.02. The summed E-state index contributed by atoms with van der Waals surface area (Å²) in [7, 11) is 0. The molecular formula is C18H29NO. The van der Waals surface area contributed by atoms with E-state index in [0.29, 0.717) is 0 Å². The first kappa shape index (κ1) is 15.4. The largest absolute Gasteiger partial charge is 0.493 e. The molecule has 2 nitrogen and oxygen atoms in total. The van der Waals surface area contributed by atoms with Gasteiger partial charge in [0.2, 0.25) is 0 Å². The highest BCUT2D eigenvalue weighted by molar-refractivity contribution is 5.39. The highest BCUT2D eigenvalue weighted by atomic mass is 16.5. The summed E-state index contributed by atoms with van der Waals surface area (Å²) in [6.07, 6.45) is 8.03. The van der Waals surface area contributed by atoms with Crippen LogP contribution in [0.4, 0.5) is 0 Å². The lowest BCUT2D eigenvalue weighted by Gasteiger charge is -2.19. The van der Waals surface area contributed by atoms with Crippen LogP contribution in [0.15, 0.2) is 18.2 Å². The van der Waals surface area contributed by atoms with E-state index in [1.807, 2.05) is 0 Å². The van der Waals surface area contributed by atoms with Crippen LogP contribution in [0.3, 0.4) is 0 Å². The fraction of sp³-hybridized carbons (Fsp3) is 0.667. The maximum atomic E-state index is 5.96. The molecule has 0 atom stereocenters. The van der Waals surface area contributed by atoms with E-state index in [1.165, 1.54) is 62.9 Å². The maximum absolute atomic E-state index is 5.96. The average Bonchev–Trinajstić information content (AvgIpc) is 2.70. The Kier molecular flexibility index (Phi) is 6.38.